The van der Waals surface area contributed by atoms with Crippen molar-refractivity contribution in [3.63, 3.8) is 0 Å². The summed E-state index contributed by atoms with van der Waals surface area (Å²) < 4.78 is 0. The quantitative estimate of drug-likeness (QED) is 0.116. The molecule has 494 valence electrons. The first-order chi connectivity index (χ1) is 39.1. The van der Waals surface area contributed by atoms with E-state index in [4.69, 9.17) is 0 Å². The smallest absolute Gasteiger partial charge is 0.119 e. The van der Waals surface area contributed by atoms with E-state index in [1.54, 1.807) is 5.19 Å². The number of aromatic hydroxyl groups is 3. The van der Waals surface area contributed by atoms with Crippen LogP contribution in [0.15, 0.2) is 97.1 Å². The molecule has 5 aromatic carbocycles. The van der Waals surface area contributed by atoms with Gasteiger partial charge in [-0.15, -0.1) is 0 Å². The van der Waals surface area contributed by atoms with Gasteiger partial charge in [-0.2, -0.15) is 0 Å². The van der Waals surface area contributed by atoms with E-state index < -0.39 is 24.2 Å². The highest BCUT2D eigenvalue weighted by Crippen LogP contribution is 2.64. The molecule has 0 aliphatic rings. The minimum absolute atomic E-state index is 0.0103. The van der Waals surface area contributed by atoms with Crippen molar-refractivity contribution in [3.8, 4) is 17.2 Å². The zero-order valence-corrected chi connectivity index (χ0v) is 66.8. The van der Waals surface area contributed by atoms with E-state index in [1.165, 1.54) is 56.7 Å². The van der Waals surface area contributed by atoms with Crippen molar-refractivity contribution in [2.75, 3.05) is 0 Å². The Hall–Kier alpha value is -3.85. The lowest BCUT2D eigenvalue weighted by molar-refractivity contribution is 0.441. The monoisotopic (exact) mass is 1250 g/mol. The Labute approximate surface area is 547 Å². The summed E-state index contributed by atoms with van der Waals surface area (Å²) in [5.74, 6) is 1.32. The SMILES string of the molecule is CC(C)(C)c1cc(CC[Si](C(C)(C)C)(C(C)(C)C)C(C)(C)C)c(C(C)(C)C)cc1O.CC(C)(C)c1cc(CC[Si](C)(C)c2ccccc2)c(C(C)(C)C)cc1O.CC(C)(C)c1cc(CC[Si](c2ccccc2)(C(C)(C)C)C(C)(C)C)c(C(C)(C)C)cc1O. The minimum Gasteiger partial charge on any atom is -0.508 e. The topological polar surface area (TPSA) is 60.7 Å². The van der Waals surface area contributed by atoms with Crippen LogP contribution in [0.5, 0.6) is 17.2 Å². The van der Waals surface area contributed by atoms with E-state index in [9.17, 15) is 15.3 Å². The highest BCUT2D eigenvalue weighted by atomic mass is 28.3. The molecule has 3 nitrogen and oxygen atoms in total. The van der Waals surface area contributed by atoms with Crippen molar-refractivity contribution in [1.29, 1.82) is 0 Å². The van der Waals surface area contributed by atoms with Crippen LogP contribution in [0.3, 0.4) is 0 Å². The summed E-state index contributed by atoms with van der Waals surface area (Å²) in [6.45, 7) is 82.0. The van der Waals surface area contributed by atoms with E-state index in [0.717, 1.165) is 36.0 Å². The van der Waals surface area contributed by atoms with Gasteiger partial charge in [0.15, 0.2) is 0 Å². The van der Waals surface area contributed by atoms with Crippen LogP contribution in [0.2, 0.25) is 56.4 Å². The van der Waals surface area contributed by atoms with Crippen molar-refractivity contribution in [2.24, 2.45) is 0 Å². The number of rotatable bonds is 11. The summed E-state index contributed by atoms with van der Waals surface area (Å²) in [6.07, 6.45) is 3.21. The van der Waals surface area contributed by atoms with Crippen molar-refractivity contribution >= 4 is 34.6 Å². The second kappa shape index (κ2) is 27.0. The molecule has 0 saturated heterocycles. The molecule has 0 aromatic heterocycles. The molecule has 0 amide bonds. The van der Waals surface area contributed by atoms with Crippen molar-refractivity contribution in [1.82, 2.24) is 0 Å². The Balaban J connectivity index is 0.000000347. The molecule has 0 saturated carbocycles. The van der Waals surface area contributed by atoms with E-state index in [2.05, 4.69) is 333 Å². The number of phenolic OH excluding ortho intramolecular Hbond substituents is 3. The van der Waals surface area contributed by atoms with Crippen molar-refractivity contribution in [2.45, 2.75) is 337 Å². The highest BCUT2D eigenvalue weighted by molar-refractivity contribution is 6.96. The summed E-state index contributed by atoms with van der Waals surface area (Å²) in [6, 6.07) is 39.0. The summed E-state index contributed by atoms with van der Waals surface area (Å²) in [7, 11) is -5.27. The van der Waals surface area contributed by atoms with Gasteiger partial charge < -0.3 is 15.3 Å². The van der Waals surface area contributed by atoms with Gasteiger partial charge in [-0.25, -0.2) is 0 Å². The average Bonchev–Trinajstić information content (AvgIpc) is 1.85. The van der Waals surface area contributed by atoms with Crippen LogP contribution in [0.25, 0.3) is 0 Å². The standard InChI is InChI=1S/C30H48OSi.C28H52OSi.C24H36OSi/c1-27(2,3)24-21-26(31)25(28(4,5)6)20-22(24)18-19-32(29(7,8)9,30(10,11)12)23-16-14-13-15-17-23;1-24(2,3)21-19-23(29)22(25(4,5)6)18-20(21)16-17-30(26(7,8)9,27(10,11)12)28(13,14)15;1-23(2,3)20-17-22(25)21(24(4,5)6)16-18(20)14-15-26(7,8)19-12-10-9-11-13-19/h13-17,20-21,31H,18-19H2,1-12H3;18-19,29H,16-17H2,1-15H3;9-13,16-17,25H,14-15H2,1-8H3. The molecular formula is C82H136O3Si3. The largest absolute Gasteiger partial charge is 0.508 e. The van der Waals surface area contributed by atoms with Crippen LogP contribution in [0.1, 0.15) is 279 Å². The fourth-order valence-corrected chi connectivity index (χ4v) is 35.7. The van der Waals surface area contributed by atoms with Gasteiger partial charge in [0.25, 0.3) is 0 Å². The highest BCUT2D eigenvalue weighted by Gasteiger charge is 2.59. The summed E-state index contributed by atoms with van der Waals surface area (Å²) in [5.41, 5.74) is 11.1. The first-order valence-corrected chi connectivity index (χ1v) is 41.4. The molecule has 0 fully saturated rings. The second-order valence-electron chi connectivity index (χ2n) is 38.8. The third-order valence-electron chi connectivity index (χ3n) is 20.3. The Morgan fingerprint density at radius 2 is 0.511 bits per heavy atom. The van der Waals surface area contributed by atoms with Crippen LogP contribution in [0, 0.1) is 0 Å². The van der Waals surface area contributed by atoms with E-state index in [1.807, 2.05) is 6.07 Å². The second-order valence-corrected chi connectivity index (χ2v) is 56.3. The fraction of sp³-hybridized carbons (Fsp3) is 0.634. The molecule has 0 aliphatic carbocycles. The van der Waals surface area contributed by atoms with Gasteiger partial charge >= 0.3 is 0 Å². The molecule has 0 heterocycles. The Morgan fingerprint density at radius 1 is 0.273 bits per heavy atom. The molecule has 88 heavy (non-hydrogen) atoms. The van der Waals surface area contributed by atoms with Gasteiger partial charge in [-0.3, -0.25) is 0 Å². The van der Waals surface area contributed by atoms with Gasteiger partial charge in [0.05, 0.1) is 24.2 Å². The molecule has 6 heteroatoms. The maximum atomic E-state index is 10.9. The first kappa shape index (κ1) is 78.4. The minimum atomic E-state index is -1.98. The number of benzene rings is 5. The summed E-state index contributed by atoms with van der Waals surface area (Å²) >= 11 is 0. The van der Waals surface area contributed by atoms with Gasteiger partial charge in [0.1, 0.15) is 17.2 Å². The third kappa shape index (κ3) is 18.5. The molecule has 3 N–H and O–H groups in total. The number of aryl methyl sites for hydroxylation is 3. The molecule has 0 atom stereocenters. The average molecular weight is 1250 g/mol. The van der Waals surface area contributed by atoms with E-state index >= 15 is 0 Å². The number of hydrogen-bond acceptors (Lipinski definition) is 3. The van der Waals surface area contributed by atoms with Crippen LogP contribution >= 0.6 is 0 Å². The molecule has 0 bridgehead atoms. The predicted molar refractivity (Wildman–Crippen MR) is 402 cm³/mol. The summed E-state index contributed by atoms with van der Waals surface area (Å²) in [4.78, 5) is 0. The molecule has 0 aliphatic heterocycles. The van der Waals surface area contributed by atoms with Gasteiger partial charge in [-0.1, -0.05) is 337 Å². The lowest BCUT2D eigenvalue weighted by Gasteiger charge is -2.60. The van der Waals surface area contributed by atoms with Crippen molar-refractivity contribution < 1.29 is 15.3 Å². The molecule has 0 spiro atoms. The third-order valence-corrected chi connectivity index (χ3v) is 39.8. The zero-order chi connectivity index (χ0) is 68.6. The number of hydrogen-bond donors (Lipinski definition) is 3. The Morgan fingerprint density at radius 3 is 0.750 bits per heavy atom. The first-order valence-electron chi connectivity index (χ1n) is 33.8. The van der Waals surface area contributed by atoms with Gasteiger partial charge in [-0.05, 0) is 157 Å². The predicted octanol–water partition coefficient (Wildman–Crippen LogP) is 24.0. The van der Waals surface area contributed by atoms with Crippen molar-refractivity contribution in [3.05, 3.63) is 147 Å². The molecule has 5 aromatic rings. The molecule has 5 rings (SSSR count). The molecular weight excluding hydrogens is 1120 g/mol. The normalized spacial score (nSPS) is 14.0. The van der Waals surface area contributed by atoms with Crippen LogP contribution in [-0.4, -0.2) is 39.5 Å². The Kier molecular flexibility index (Phi) is 24.1. The summed E-state index contributed by atoms with van der Waals surface area (Å²) in [5, 5.41) is 36.8. The molecule has 0 radical (unpaired) electrons. The van der Waals surface area contributed by atoms with Gasteiger partial charge in [0.2, 0.25) is 0 Å². The lowest BCUT2D eigenvalue weighted by Crippen LogP contribution is -2.61. The maximum absolute atomic E-state index is 10.9. The van der Waals surface area contributed by atoms with Gasteiger partial charge in [0, 0.05) is 0 Å². The van der Waals surface area contributed by atoms with E-state index in [-0.39, 0.29) is 42.6 Å². The molecule has 0 unspecified atom stereocenters. The van der Waals surface area contributed by atoms with Crippen LogP contribution in [-0.2, 0) is 51.8 Å². The van der Waals surface area contributed by atoms with Crippen LogP contribution in [0.4, 0.5) is 0 Å². The zero-order valence-electron chi connectivity index (χ0n) is 63.8. The van der Waals surface area contributed by atoms with E-state index in [0.29, 0.717) is 32.4 Å². The fourth-order valence-electron chi connectivity index (χ4n) is 16.6. The van der Waals surface area contributed by atoms with Crippen LogP contribution < -0.4 is 10.4 Å². The maximum Gasteiger partial charge on any atom is 0.119 e. The number of phenols is 3. The Bertz CT molecular complexity index is 3010. The lowest BCUT2D eigenvalue weighted by atomic mass is 9.78.